The lowest BCUT2D eigenvalue weighted by Crippen LogP contribution is -2.13. The summed E-state index contributed by atoms with van der Waals surface area (Å²) < 4.78 is 0. The standard InChI is InChI=1S/C40H40/c1-39(2,3)30-21-22-32-35(23-30)36-25-31(40(4,5)6)24-34(29-19-13-14-20-29)38(36)37(32)26-33(27-15-9-7-10-16-27)28-17-11-8-12-18-28/h7-19,21-26,37H,20H2,1-6H3. The molecule has 0 aliphatic heterocycles. The highest BCUT2D eigenvalue weighted by atomic mass is 14.4. The molecule has 0 amide bonds. The van der Waals surface area contributed by atoms with Crippen molar-refractivity contribution in [2.45, 2.75) is 64.7 Å². The molecule has 4 aromatic rings. The molecule has 0 saturated heterocycles. The van der Waals surface area contributed by atoms with Gasteiger partial charge in [0.1, 0.15) is 0 Å². The summed E-state index contributed by atoms with van der Waals surface area (Å²) in [5.74, 6) is 0.167. The Morgan fingerprint density at radius 1 is 0.650 bits per heavy atom. The van der Waals surface area contributed by atoms with Gasteiger partial charge in [-0.25, -0.2) is 0 Å². The SMILES string of the molecule is CC(C)(C)c1ccc2c(c1)-c1cc(C(C)(C)C)cc(C3=CC=CC3)c1C2C=C(c1ccccc1)c1ccccc1. The molecule has 0 nitrogen and oxygen atoms in total. The maximum atomic E-state index is 2.54. The van der Waals surface area contributed by atoms with Crippen LogP contribution < -0.4 is 0 Å². The molecular formula is C40H40. The van der Waals surface area contributed by atoms with Crippen LogP contribution in [0.5, 0.6) is 0 Å². The molecule has 1 atom stereocenters. The molecule has 0 fully saturated rings. The highest BCUT2D eigenvalue weighted by molar-refractivity contribution is 5.90. The van der Waals surface area contributed by atoms with E-state index in [0.717, 1.165) is 6.42 Å². The summed E-state index contributed by atoms with van der Waals surface area (Å²) in [6.45, 7) is 14.0. The van der Waals surface area contributed by atoms with Crippen molar-refractivity contribution in [2.75, 3.05) is 0 Å². The van der Waals surface area contributed by atoms with Gasteiger partial charge in [-0.2, -0.15) is 0 Å². The van der Waals surface area contributed by atoms with Crippen LogP contribution in [0.2, 0.25) is 0 Å². The number of allylic oxidation sites excluding steroid dienone is 5. The number of hydrogen-bond acceptors (Lipinski definition) is 0. The predicted octanol–water partition coefficient (Wildman–Crippen LogP) is 10.9. The van der Waals surface area contributed by atoms with E-state index in [1.165, 1.54) is 61.2 Å². The minimum atomic E-state index is 0.0609. The lowest BCUT2D eigenvalue weighted by molar-refractivity contribution is 0.589. The molecule has 6 rings (SSSR count). The molecule has 0 saturated carbocycles. The van der Waals surface area contributed by atoms with Crippen LogP contribution in [0, 0.1) is 0 Å². The third kappa shape index (κ3) is 4.81. The van der Waals surface area contributed by atoms with Gasteiger partial charge < -0.3 is 0 Å². The number of rotatable bonds is 4. The summed E-state index contributed by atoms with van der Waals surface area (Å²) in [5, 5.41) is 0. The van der Waals surface area contributed by atoms with Crippen molar-refractivity contribution in [1.82, 2.24) is 0 Å². The fraction of sp³-hybridized carbons (Fsp3) is 0.250. The first-order chi connectivity index (χ1) is 19.1. The first-order valence-corrected chi connectivity index (χ1v) is 14.6. The van der Waals surface area contributed by atoms with Crippen molar-refractivity contribution in [3.63, 3.8) is 0 Å². The van der Waals surface area contributed by atoms with E-state index in [4.69, 9.17) is 0 Å². The molecule has 0 heterocycles. The Morgan fingerprint density at radius 2 is 1.23 bits per heavy atom. The normalized spacial score (nSPS) is 15.9. The van der Waals surface area contributed by atoms with Crippen molar-refractivity contribution in [3.8, 4) is 11.1 Å². The zero-order valence-electron chi connectivity index (χ0n) is 24.8. The summed E-state index contributed by atoms with van der Waals surface area (Å²) >= 11 is 0. The first kappa shape index (κ1) is 26.3. The highest BCUT2D eigenvalue weighted by Crippen LogP contribution is 2.52. The molecular weight excluding hydrogens is 480 g/mol. The Kier molecular flexibility index (Phi) is 6.54. The second-order valence-corrected chi connectivity index (χ2v) is 13.4. The van der Waals surface area contributed by atoms with Crippen LogP contribution in [0.4, 0.5) is 0 Å². The summed E-state index contributed by atoms with van der Waals surface area (Å²) in [5.41, 5.74) is 15.2. The Bertz CT molecular complexity index is 1600. The van der Waals surface area contributed by atoms with E-state index in [2.05, 4.69) is 157 Å². The Labute approximate surface area is 240 Å². The van der Waals surface area contributed by atoms with E-state index in [9.17, 15) is 0 Å². The quantitative estimate of drug-likeness (QED) is 0.251. The smallest absolute Gasteiger partial charge is 0.0297 e. The third-order valence-electron chi connectivity index (χ3n) is 8.52. The van der Waals surface area contributed by atoms with Crippen LogP contribution in [0.3, 0.4) is 0 Å². The van der Waals surface area contributed by atoms with E-state index in [1.54, 1.807) is 0 Å². The van der Waals surface area contributed by atoms with Crippen molar-refractivity contribution < 1.29 is 0 Å². The highest BCUT2D eigenvalue weighted by Gasteiger charge is 2.34. The second-order valence-electron chi connectivity index (χ2n) is 13.4. The van der Waals surface area contributed by atoms with Gasteiger partial charge in [-0.15, -0.1) is 0 Å². The molecule has 1 unspecified atom stereocenters. The molecule has 2 aliphatic rings. The summed E-state index contributed by atoms with van der Waals surface area (Å²) in [6, 6.07) is 34.0. The van der Waals surface area contributed by atoms with E-state index >= 15 is 0 Å². The molecule has 0 radical (unpaired) electrons. The van der Waals surface area contributed by atoms with E-state index in [0.29, 0.717) is 0 Å². The Morgan fingerprint density at radius 3 is 1.77 bits per heavy atom. The van der Waals surface area contributed by atoms with Crippen LogP contribution in [-0.4, -0.2) is 0 Å². The predicted molar refractivity (Wildman–Crippen MR) is 173 cm³/mol. The van der Waals surface area contributed by atoms with Gasteiger partial charge in [0.2, 0.25) is 0 Å². The van der Waals surface area contributed by atoms with Crippen LogP contribution >= 0.6 is 0 Å². The Balaban J connectivity index is 1.67. The second kappa shape index (κ2) is 9.93. The zero-order valence-corrected chi connectivity index (χ0v) is 24.8. The van der Waals surface area contributed by atoms with Gasteiger partial charge in [-0.3, -0.25) is 0 Å². The minimum Gasteiger partial charge on any atom is -0.0801 e. The fourth-order valence-corrected chi connectivity index (χ4v) is 6.17. The van der Waals surface area contributed by atoms with Gasteiger partial charge in [0, 0.05) is 5.92 Å². The van der Waals surface area contributed by atoms with Gasteiger partial charge in [-0.1, -0.05) is 157 Å². The largest absolute Gasteiger partial charge is 0.0801 e. The van der Waals surface area contributed by atoms with Gasteiger partial charge in [0.25, 0.3) is 0 Å². The molecule has 0 aromatic heterocycles. The van der Waals surface area contributed by atoms with Crippen LogP contribution in [0.25, 0.3) is 22.3 Å². The molecule has 4 aromatic carbocycles. The average molecular weight is 521 g/mol. The maximum Gasteiger partial charge on any atom is 0.0297 e. The Hall–Kier alpha value is -3.90. The molecule has 200 valence electrons. The van der Waals surface area contributed by atoms with Crippen LogP contribution in [0.1, 0.15) is 92.8 Å². The van der Waals surface area contributed by atoms with Crippen molar-refractivity contribution in [1.29, 1.82) is 0 Å². The van der Waals surface area contributed by atoms with E-state index < -0.39 is 0 Å². The molecule has 0 spiro atoms. The summed E-state index contributed by atoms with van der Waals surface area (Å²) in [6.07, 6.45) is 10.4. The fourth-order valence-electron chi connectivity index (χ4n) is 6.17. The molecule has 2 aliphatic carbocycles. The minimum absolute atomic E-state index is 0.0609. The van der Waals surface area contributed by atoms with Crippen LogP contribution in [-0.2, 0) is 10.8 Å². The maximum absolute atomic E-state index is 2.54. The molecule has 0 N–H and O–H groups in total. The number of fused-ring (bicyclic) bond motifs is 3. The average Bonchev–Trinajstić information content (AvgIpc) is 3.58. The third-order valence-corrected chi connectivity index (χ3v) is 8.52. The van der Waals surface area contributed by atoms with Crippen LogP contribution in [0.15, 0.2) is 115 Å². The molecule has 0 heteroatoms. The lowest BCUT2D eigenvalue weighted by Gasteiger charge is -2.24. The molecule has 0 bridgehead atoms. The van der Waals surface area contributed by atoms with Gasteiger partial charge >= 0.3 is 0 Å². The monoisotopic (exact) mass is 520 g/mol. The van der Waals surface area contributed by atoms with Crippen molar-refractivity contribution >= 4 is 11.1 Å². The summed E-state index contributed by atoms with van der Waals surface area (Å²) in [7, 11) is 0. The van der Waals surface area contributed by atoms with Gasteiger partial charge in [0.05, 0.1) is 0 Å². The first-order valence-electron chi connectivity index (χ1n) is 14.6. The van der Waals surface area contributed by atoms with Gasteiger partial charge in [0.15, 0.2) is 0 Å². The van der Waals surface area contributed by atoms with Gasteiger partial charge in [-0.05, 0) is 78.5 Å². The van der Waals surface area contributed by atoms with Crippen molar-refractivity contribution in [2.24, 2.45) is 0 Å². The van der Waals surface area contributed by atoms with E-state index in [-0.39, 0.29) is 16.7 Å². The molecule has 40 heavy (non-hydrogen) atoms. The van der Waals surface area contributed by atoms with E-state index in [1.807, 2.05) is 0 Å². The number of hydrogen-bond donors (Lipinski definition) is 0. The number of benzene rings is 4. The zero-order chi connectivity index (χ0) is 28.1. The van der Waals surface area contributed by atoms with Crippen molar-refractivity contribution in [3.05, 3.63) is 154 Å². The summed E-state index contributed by atoms with van der Waals surface area (Å²) in [4.78, 5) is 0. The topological polar surface area (TPSA) is 0 Å². The lowest BCUT2D eigenvalue weighted by atomic mass is 9.80.